The normalized spacial score (nSPS) is 18.1. The SMILES string of the molecule is CCC1=C(C)C2=C(c3c(C)noc3C)c3c(C)c(CC)c(C)n3[B-](F)(F)[N+]2=C1C. The van der Waals surface area contributed by atoms with Crippen molar-refractivity contribution in [3.8, 4) is 0 Å². The highest BCUT2D eigenvalue weighted by Gasteiger charge is 2.57. The van der Waals surface area contributed by atoms with Gasteiger partial charge in [0, 0.05) is 23.8 Å². The quantitative estimate of drug-likeness (QED) is 0.641. The molecule has 0 saturated heterocycles. The van der Waals surface area contributed by atoms with E-state index in [0.29, 0.717) is 41.4 Å². The monoisotopic (exact) mass is 399 g/mol. The smallest absolute Gasteiger partial charge is 0.393 e. The molecule has 4 heterocycles. The van der Waals surface area contributed by atoms with Crippen LogP contribution >= 0.6 is 0 Å². The molecule has 7 heteroatoms. The van der Waals surface area contributed by atoms with E-state index in [2.05, 4.69) is 5.16 Å². The van der Waals surface area contributed by atoms with Gasteiger partial charge in [-0.25, -0.2) is 0 Å². The minimum Gasteiger partial charge on any atom is -0.393 e. The Balaban J connectivity index is 2.28. The summed E-state index contributed by atoms with van der Waals surface area (Å²) in [5.41, 5.74) is 8.68. The molecule has 0 spiro atoms. The lowest BCUT2D eigenvalue weighted by molar-refractivity contribution is -0.363. The molecule has 2 aliphatic rings. The van der Waals surface area contributed by atoms with Gasteiger partial charge in [0.05, 0.1) is 16.8 Å². The lowest BCUT2D eigenvalue weighted by Gasteiger charge is -2.33. The van der Waals surface area contributed by atoms with Crippen LogP contribution in [-0.4, -0.2) is 26.8 Å². The molecule has 0 amide bonds. The van der Waals surface area contributed by atoms with E-state index in [4.69, 9.17) is 4.52 Å². The van der Waals surface area contributed by atoms with E-state index >= 15 is 8.63 Å². The molecule has 0 fully saturated rings. The van der Waals surface area contributed by atoms with Crippen LogP contribution in [0.5, 0.6) is 0 Å². The number of allylic oxidation sites excluding steroid dienone is 2. The van der Waals surface area contributed by atoms with Crippen LogP contribution in [0.2, 0.25) is 0 Å². The molecule has 0 saturated carbocycles. The summed E-state index contributed by atoms with van der Waals surface area (Å²) < 4.78 is 40.3. The van der Waals surface area contributed by atoms with Gasteiger partial charge >= 0.3 is 6.97 Å². The van der Waals surface area contributed by atoms with E-state index in [1.807, 2.05) is 55.4 Å². The number of rotatable bonds is 3. The fourth-order valence-corrected chi connectivity index (χ4v) is 5.55. The molecule has 0 aliphatic carbocycles. The van der Waals surface area contributed by atoms with Gasteiger partial charge in [-0.1, -0.05) is 19.0 Å². The van der Waals surface area contributed by atoms with Crippen LogP contribution in [0, 0.1) is 27.7 Å². The molecule has 0 aromatic carbocycles. The van der Waals surface area contributed by atoms with Crippen molar-refractivity contribution in [3.63, 3.8) is 0 Å². The van der Waals surface area contributed by atoms with Gasteiger partial charge in [0.1, 0.15) is 11.5 Å². The summed E-state index contributed by atoms with van der Waals surface area (Å²) in [4.78, 5) is 0. The van der Waals surface area contributed by atoms with Crippen LogP contribution in [0.25, 0.3) is 5.57 Å². The molecule has 0 atom stereocenters. The molecule has 2 aromatic rings. The minimum absolute atomic E-state index is 0.606. The molecule has 0 unspecified atom stereocenters. The largest absolute Gasteiger partial charge is 0.737 e. The number of aromatic nitrogens is 2. The molecule has 2 aromatic heterocycles. The standard InChI is InChI=1S/C22H28BF2N3O/c1-9-17-11(3)21-20(19-13(5)26-29-16(19)8)22-12(4)18(10-2)15(7)28(22)23(24,25)27(21)14(17)6/h9-10H2,1-8H3. The summed E-state index contributed by atoms with van der Waals surface area (Å²) in [5, 5.41) is 4.13. The molecular weight excluding hydrogens is 371 g/mol. The zero-order valence-corrected chi connectivity index (χ0v) is 18.5. The molecule has 0 N–H and O–H groups in total. The summed E-state index contributed by atoms with van der Waals surface area (Å²) in [6.45, 7) is 11.3. The lowest BCUT2D eigenvalue weighted by Crippen LogP contribution is -2.51. The Morgan fingerprint density at radius 3 is 2.21 bits per heavy atom. The Labute approximate surface area is 170 Å². The first kappa shape index (κ1) is 19.9. The first-order valence-corrected chi connectivity index (χ1v) is 10.3. The fourth-order valence-electron chi connectivity index (χ4n) is 5.55. The highest BCUT2D eigenvalue weighted by atomic mass is 19.2. The Kier molecular flexibility index (Phi) is 4.30. The Hall–Kier alpha value is -2.44. The summed E-state index contributed by atoms with van der Waals surface area (Å²) in [5.74, 6) is 0.654. The van der Waals surface area contributed by atoms with E-state index < -0.39 is 6.97 Å². The molecule has 29 heavy (non-hydrogen) atoms. The van der Waals surface area contributed by atoms with Gasteiger partial charge < -0.3 is 22.1 Å². The predicted molar refractivity (Wildman–Crippen MR) is 113 cm³/mol. The van der Waals surface area contributed by atoms with Gasteiger partial charge in [0.15, 0.2) is 5.70 Å². The van der Waals surface area contributed by atoms with Gasteiger partial charge in [-0.15, -0.1) is 0 Å². The molecule has 2 aliphatic heterocycles. The Bertz CT molecular complexity index is 1140. The lowest BCUT2D eigenvalue weighted by atomic mass is 9.83. The van der Waals surface area contributed by atoms with Crippen LogP contribution < -0.4 is 0 Å². The summed E-state index contributed by atoms with van der Waals surface area (Å²) in [6.07, 6.45) is 1.43. The zero-order chi connectivity index (χ0) is 21.4. The van der Waals surface area contributed by atoms with Gasteiger partial charge in [-0.05, 0) is 64.3 Å². The highest BCUT2D eigenvalue weighted by Crippen LogP contribution is 2.48. The second-order valence-corrected chi connectivity index (χ2v) is 8.18. The third kappa shape index (κ3) is 2.30. The van der Waals surface area contributed by atoms with Crippen molar-refractivity contribution < 1.29 is 17.6 Å². The van der Waals surface area contributed by atoms with E-state index in [-0.39, 0.29) is 0 Å². The summed E-state index contributed by atoms with van der Waals surface area (Å²) >= 11 is 0. The summed E-state index contributed by atoms with van der Waals surface area (Å²) in [6, 6.07) is 0. The van der Waals surface area contributed by atoms with Gasteiger partial charge in [0.25, 0.3) is 0 Å². The predicted octanol–water partition coefficient (Wildman–Crippen LogP) is 5.48. The van der Waals surface area contributed by atoms with Crippen LogP contribution in [-0.2, 0) is 6.42 Å². The third-order valence-electron chi connectivity index (χ3n) is 6.78. The number of fused-ring (bicyclic) bond motifs is 2. The van der Waals surface area contributed by atoms with Crippen molar-refractivity contribution >= 4 is 18.3 Å². The molecule has 4 rings (SSSR count). The maximum Gasteiger partial charge on any atom is 0.737 e. The van der Waals surface area contributed by atoms with Crippen molar-refractivity contribution in [3.05, 3.63) is 56.4 Å². The van der Waals surface area contributed by atoms with Crippen molar-refractivity contribution in [2.75, 3.05) is 0 Å². The third-order valence-corrected chi connectivity index (χ3v) is 6.78. The number of hydrogen-bond donors (Lipinski definition) is 0. The van der Waals surface area contributed by atoms with Crippen molar-refractivity contribution in [1.82, 2.24) is 9.63 Å². The van der Waals surface area contributed by atoms with E-state index in [0.717, 1.165) is 39.1 Å². The molecule has 4 nitrogen and oxygen atoms in total. The fraction of sp³-hybridized carbons (Fsp3) is 0.455. The van der Waals surface area contributed by atoms with Crippen LogP contribution in [0.3, 0.4) is 0 Å². The van der Waals surface area contributed by atoms with Crippen LogP contribution in [0.4, 0.5) is 8.63 Å². The Morgan fingerprint density at radius 1 is 1.03 bits per heavy atom. The second kappa shape index (κ2) is 6.28. The zero-order valence-electron chi connectivity index (χ0n) is 18.5. The van der Waals surface area contributed by atoms with E-state index in [9.17, 15) is 0 Å². The number of halogens is 2. The average molecular weight is 399 g/mol. The van der Waals surface area contributed by atoms with Crippen molar-refractivity contribution in [2.24, 2.45) is 0 Å². The average Bonchev–Trinajstić information content (AvgIpc) is 3.21. The van der Waals surface area contributed by atoms with Crippen LogP contribution in [0.15, 0.2) is 21.4 Å². The minimum atomic E-state index is -4.00. The van der Waals surface area contributed by atoms with Crippen molar-refractivity contribution in [1.29, 1.82) is 0 Å². The number of aryl methyl sites for hydroxylation is 2. The van der Waals surface area contributed by atoms with Gasteiger partial charge in [-0.3, -0.25) is 0 Å². The molecule has 154 valence electrons. The number of hydrogen-bond acceptors (Lipinski definition) is 2. The van der Waals surface area contributed by atoms with Crippen LogP contribution in [0.1, 0.15) is 73.6 Å². The maximum absolute atomic E-state index is 16.1. The molecule has 0 radical (unpaired) electrons. The van der Waals surface area contributed by atoms with E-state index in [1.165, 1.54) is 8.96 Å². The first-order valence-electron chi connectivity index (χ1n) is 10.3. The topological polar surface area (TPSA) is 34.0 Å². The van der Waals surface area contributed by atoms with Gasteiger partial charge in [-0.2, -0.15) is 0 Å². The molecular formula is C22H28BF2N3O. The molecule has 0 bridgehead atoms. The van der Waals surface area contributed by atoms with Crippen molar-refractivity contribution in [2.45, 2.75) is 68.2 Å². The Morgan fingerprint density at radius 2 is 1.69 bits per heavy atom. The first-order chi connectivity index (χ1) is 13.6. The van der Waals surface area contributed by atoms with E-state index in [1.54, 1.807) is 0 Å². The number of nitrogens with zero attached hydrogens (tertiary/aromatic N) is 3. The summed E-state index contributed by atoms with van der Waals surface area (Å²) in [7, 11) is 0. The second-order valence-electron chi connectivity index (χ2n) is 8.18. The highest BCUT2D eigenvalue weighted by molar-refractivity contribution is 6.58. The maximum atomic E-state index is 16.1. The van der Waals surface area contributed by atoms with Gasteiger partial charge in [0.2, 0.25) is 0 Å².